The predicted octanol–water partition coefficient (Wildman–Crippen LogP) is 11.6. The highest BCUT2D eigenvalue weighted by Gasteiger charge is 2.17. The highest BCUT2D eigenvalue weighted by Crippen LogP contribution is 2.44. The van der Waals surface area contributed by atoms with Gasteiger partial charge >= 0.3 is 0 Å². The zero-order chi connectivity index (χ0) is 27.6. The van der Waals surface area contributed by atoms with Crippen molar-refractivity contribution in [1.82, 2.24) is 0 Å². The van der Waals surface area contributed by atoms with Gasteiger partial charge in [0.1, 0.15) is 16.7 Å². The van der Waals surface area contributed by atoms with Crippen LogP contribution in [0, 0.1) is 0 Å². The Bertz CT molecular complexity index is 2380. The molecule has 0 amide bonds. The molecule has 0 aliphatic carbocycles. The first kappa shape index (κ1) is 23.1. The molecular weight excluding hydrogens is 512 g/mol. The summed E-state index contributed by atoms with van der Waals surface area (Å²) >= 11 is 0. The van der Waals surface area contributed by atoms with Crippen LogP contribution in [0.2, 0.25) is 0 Å². The second-order valence-corrected chi connectivity index (χ2v) is 10.9. The van der Waals surface area contributed by atoms with Crippen molar-refractivity contribution < 1.29 is 8.83 Å². The molecule has 0 spiro atoms. The minimum Gasteiger partial charge on any atom is -0.464 e. The average molecular weight is 537 g/mol. The Morgan fingerprint density at radius 2 is 0.857 bits per heavy atom. The first-order valence-electron chi connectivity index (χ1n) is 14.3. The second-order valence-electron chi connectivity index (χ2n) is 10.9. The van der Waals surface area contributed by atoms with Crippen LogP contribution in [0.15, 0.2) is 155 Å². The van der Waals surface area contributed by atoms with Crippen LogP contribution < -0.4 is 0 Å². The summed E-state index contributed by atoms with van der Waals surface area (Å²) in [7, 11) is 0. The molecule has 0 radical (unpaired) electrons. The van der Waals surface area contributed by atoms with E-state index in [9.17, 15) is 0 Å². The van der Waals surface area contributed by atoms with Gasteiger partial charge in [0.2, 0.25) is 0 Å². The molecule has 2 aromatic heterocycles. The Balaban J connectivity index is 1.22. The van der Waals surface area contributed by atoms with Crippen molar-refractivity contribution >= 4 is 54.5 Å². The van der Waals surface area contributed by atoms with Crippen molar-refractivity contribution in [3.63, 3.8) is 0 Å². The number of furan rings is 2. The van der Waals surface area contributed by atoms with Gasteiger partial charge in [-0.2, -0.15) is 0 Å². The van der Waals surface area contributed by atoms with Crippen LogP contribution in [0.5, 0.6) is 0 Å². The summed E-state index contributed by atoms with van der Waals surface area (Å²) in [4.78, 5) is 0. The summed E-state index contributed by atoms with van der Waals surface area (Å²) in [5, 5.41) is 8.35. The molecule has 42 heavy (non-hydrogen) atoms. The van der Waals surface area contributed by atoms with E-state index < -0.39 is 0 Å². The van der Waals surface area contributed by atoms with Crippen LogP contribution in [0.25, 0.3) is 87.8 Å². The zero-order valence-electron chi connectivity index (χ0n) is 22.7. The molecule has 7 aromatic carbocycles. The van der Waals surface area contributed by atoms with Crippen molar-refractivity contribution in [3.05, 3.63) is 146 Å². The van der Waals surface area contributed by atoms with E-state index in [1.54, 1.807) is 6.26 Å². The third-order valence-electron chi connectivity index (χ3n) is 8.57. The molecule has 9 aromatic rings. The lowest BCUT2D eigenvalue weighted by molar-refractivity contribution is 0.615. The van der Waals surface area contributed by atoms with E-state index in [0.29, 0.717) is 0 Å². The van der Waals surface area contributed by atoms with Gasteiger partial charge in [-0.25, -0.2) is 0 Å². The van der Waals surface area contributed by atoms with Crippen LogP contribution in [0.4, 0.5) is 0 Å². The number of fused-ring (bicyclic) bond motifs is 7. The Hall–Kier alpha value is -5.60. The highest BCUT2D eigenvalue weighted by molar-refractivity contribution is 6.21. The van der Waals surface area contributed by atoms with Crippen LogP contribution in [0.3, 0.4) is 0 Å². The van der Waals surface area contributed by atoms with Crippen LogP contribution in [-0.4, -0.2) is 0 Å². The van der Waals surface area contributed by atoms with Crippen molar-refractivity contribution in [2.24, 2.45) is 0 Å². The fourth-order valence-corrected chi connectivity index (χ4v) is 6.68. The lowest BCUT2D eigenvalue weighted by Crippen LogP contribution is -1.90. The SMILES string of the molecule is c1ccc(-c2c3ccccc3c(-c3ccc(-c4ccc5oc6ccc7occc7c6c5c4)cc3)c3ccccc23)cc1. The van der Waals surface area contributed by atoms with Crippen LogP contribution >= 0.6 is 0 Å². The normalized spacial score (nSPS) is 11.8. The minimum absolute atomic E-state index is 0.873. The summed E-state index contributed by atoms with van der Waals surface area (Å²) in [6.07, 6.45) is 1.74. The zero-order valence-corrected chi connectivity index (χ0v) is 22.7. The molecule has 0 saturated heterocycles. The van der Waals surface area contributed by atoms with Gasteiger partial charge in [-0.3, -0.25) is 0 Å². The van der Waals surface area contributed by atoms with Gasteiger partial charge in [0.15, 0.2) is 0 Å². The van der Waals surface area contributed by atoms with E-state index in [2.05, 4.69) is 121 Å². The molecular formula is C40H24O2. The molecule has 0 bridgehead atoms. The highest BCUT2D eigenvalue weighted by atomic mass is 16.3. The monoisotopic (exact) mass is 536 g/mol. The maximum Gasteiger partial charge on any atom is 0.136 e. The standard InChI is InChI=1S/C40H24O2/c1-2-8-26(9-3-1)38-29-10-4-6-12-31(29)39(32-13-7-5-11-30(32)38)27-16-14-25(15-17-27)28-18-19-36-34(24-28)40-33-22-23-41-35(33)20-21-37(40)42-36/h1-24H. The molecule has 2 heterocycles. The number of hydrogen-bond donors (Lipinski definition) is 0. The Morgan fingerprint density at radius 1 is 0.333 bits per heavy atom. The Labute approximate surface area is 242 Å². The first-order valence-corrected chi connectivity index (χ1v) is 14.3. The van der Waals surface area contributed by atoms with E-state index in [-0.39, 0.29) is 0 Å². The summed E-state index contributed by atoms with van der Waals surface area (Å²) in [5.74, 6) is 0. The maximum absolute atomic E-state index is 6.18. The smallest absolute Gasteiger partial charge is 0.136 e. The van der Waals surface area contributed by atoms with E-state index in [0.717, 1.165) is 38.5 Å². The Kier molecular flexibility index (Phi) is 4.93. The topological polar surface area (TPSA) is 26.3 Å². The largest absolute Gasteiger partial charge is 0.464 e. The van der Waals surface area contributed by atoms with E-state index >= 15 is 0 Å². The minimum atomic E-state index is 0.873. The van der Waals surface area contributed by atoms with Crippen molar-refractivity contribution in [1.29, 1.82) is 0 Å². The molecule has 0 unspecified atom stereocenters. The van der Waals surface area contributed by atoms with Gasteiger partial charge in [-0.1, -0.05) is 109 Å². The van der Waals surface area contributed by atoms with Crippen LogP contribution in [-0.2, 0) is 0 Å². The molecule has 2 heteroatoms. The molecule has 9 rings (SSSR count). The summed E-state index contributed by atoms with van der Waals surface area (Å²) in [6.45, 7) is 0. The van der Waals surface area contributed by atoms with Gasteiger partial charge in [0, 0.05) is 16.2 Å². The number of hydrogen-bond acceptors (Lipinski definition) is 2. The van der Waals surface area contributed by atoms with E-state index in [1.807, 2.05) is 18.2 Å². The second kappa shape index (κ2) is 8.95. The van der Waals surface area contributed by atoms with Crippen LogP contribution in [0.1, 0.15) is 0 Å². The quantitative estimate of drug-likeness (QED) is 0.210. The van der Waals surface area contributed by atoms with Gasteiger partial charge in [0.25, 0.3) is 0 Å². The molecule has 2 nitrogen and oxygen atoms in total. The lowest BCUT2D eigenvalue weighted by Gasteiger charge is -2.18. The fraction of sp³-hybridized carbons (Fsp3) is 0. The first-order chi connectivity index (χ1) is 20.8. The lowest BCUT2D eigenvalue weighted by atomic mass is 9.86. The van der Waals surface area contributed by atoms with Crippen molar-refractivity contribution in [3.8, 4) is 33.4 Å². The fourth-order valence-electron chi connectivity index (χ4n) is 6.68. The maximum atomic E-state index is 6.18. The molecule has 0 aliphatic heterocycles. The van der Waals surface area contributed by atoms with Gasteiger partial charge < -0.3 is 8.83 Å². The molecule has 0 fully saturated rings. The average Bonchev–Trinajstić information content (AvgIpc) is 3.68. The molecule has 0 saturated carbocycles. The molecule has 0 aliphatic rings. The molecule has 0 atom stereocenters. The van der Waals surface area contributed by atoms with Gasteiger partial charge in [-0.05, 0) is 85.3 Å². The summed E-state index contributed by atoms with van der Waals surface area (Å²) in [6, 6.07) is 49.8. The third kappa shape index (κ3) is 3.39. The predicted molar refractivity (Wildman–Crippen MR) is 175 cm³/mol. The third-order valence-corrected chi connectivity index (χ3v) is 8.57. The summed E-state index contributed by atoms with van der Waals surface area (Å²) in [5.41, 5.74) is 9.97. The summed E-state index contributed by atoms with van der Waals surface area (Å²) < 4.78 is 11.8. The van der Waals surface area contributed by atoms with Crippen molar-refractivity contribution in [2.75, 3.05) is 0 Å². The molecule has 0 N–H and O–H groups in total. The van der Waals surface area contributed by atoms with Gasteiger partial charge in [0.05, 0.1) is 6.26 Å². The molecule has 196 valence electrons. The van der Waals surface area contributed by atoms with Gasteiger partial charge in [-0.15, -0.1) is 0 Å². The van der Waals surface area contributed by atoms with E-state index in [4.69, 9.17) is 8.83 Å². The number of rotatable bonds is 3. The van der Waals surface area contributed by atoms with E-state index in [1.165, 1.54) is 49.4 Å². The van der Waals surface area contributed by atoms with Crippen molar-refractivity contribution in [2.45, 2.75) is 0 Å². The Morgan fingerprint density at radius 3 is 1.52 bits per heavy atom. The number of benzene rings is 7.